The Kier molecular flexibility index (Phi) is 12.5. The molecule has 3 rings (SSSR count). The van der Waals surface area contributed by atoms with Gasteiger partial charge in [0.1, 0.15) is 12.4 Å². The molecule has 184 valence electrons. The van der Waals surface area contributed by atoms with Crippen molar-refractivity contribution < 1.29 is 4.74 Å². The zero-order chi connectivity index (χ0) is 23.3. The second kappa shape index (κ2) is 15.3. The smallest absolute Gasteiger partial charge is 0.191 e. The number of guanidine groups is 1. The molecule has 0 bridgehead atoms. The summed E-state index contributed by atoms with van der Waals surface area (Å²) in [6, 6.07) is 18.5. The molecule has 0 radical (unpaired) electrons. The fraction of sp³-hybridized carbons (Fsp3) is 0.385. The Bertz CT molecular complexity index is 988. The van der Waals surface area contributed by atoms with E-state index in [4.69, 9.17) is 4.74 Å². The topological polar surface area (TPSA) is 66.7 Å². The lowest BCUT2D eigenvalue weighted by molar-refractivity contribution is 0.221. The minimum Gasteiger partial charge on any atom is -0.492 e. The molecule has 8 heteroatoms. The summed E-state index contributed by atoms with van der Waals surface area (Å²) in [5, 5.41) is 11.2. The summed E-state index contributed by atoms with van der Waals surface area (Å²) < 4.78 is 8.02. The Morgan fingerprint density at radius 1 is 0.941 bits per heavy atom. The highest BCUT2D eigenvalue weighted by molar-refractivity contribution is 14.0. The van der Waals surface area contributed by atoms with Crippen LogP contribution in [0.5, 0.6) is 5.75 Å². The molecule has 0 unspecified atom stereocenters. The maximum atomic E-state index is 6.08. The lowest BCUT2D eigenvalue weighted by Crippen LogP contribution is -2.36. The van der Waals surface area contributed by atoms with E-state index in [1.807, 2.05) is 35.1 Å². The molecule has 0 spiro atoms. The first-order valence-electron chi connectivity index (χ1n) is 11.6. The Balaban J connectivity index is 0.00000408. The molecular weight excluding hydrogens is 539 g/mol. The van der Waals surface area contributed by atoms with Gasteiger partial charge in [0.15, 0.2) is 5.96 Å². The summed E-state index contributed by atoms with van der Waals surface area (Å²) in [5.74, 6) is 1.67. The van der Waals surface area contributed by atoms with Crippen molar-refractivity contribution in [2.45, 2.75) is 33.5 Å². The number of rotatable bonds is 12. The highest BCUT2D eigenvalue weighted by atomic mass is 127. The largest absolute Gasteiger partial charge is 0.492 e. The molecule has 1 aromatic heterocycles. The first kappa shape index (κ1) is 27.7. The summed E-state index contributed by atoms with van der Waals surface area (Å²) in [4.78, 5) is 6.75. The van der Waals surface area contributed by atoms with Gasteiger partial charge in [0, 0.05) is 44.6 Å². The summed E-state index contributed by atoms with van der Waals surface area (Å²) in [7, 11) is 1.79. The van der Waals surface area contributed by atoms with Crippen molar-refractivity contribution in [3.63, 3.8) is 0 Å². The van der Waals surface area contributed by atoms with Crippen molar-refractivity contribution in [2.24, 2.45) is 4.99 Å². The van der Waals surface area contributed by atoms with E-state index in [9.17, 15) is 0 Å². The standard InChI is InChI=1S/C26H36N6O.HI/c1-4-31(5-2)17-18-33-25-14-9-8-12-23(25)20-29-26(27-3)28-19-22-11-6-7-13-24(22)21-32-16-10-15-30-32;/h6-16H,4-5,17-21H2,1-3H3,(H2,27,28,29);1H. The number of aliphatic imine (C=N–C) groups is 1. The molecule has 0 aliphatic carbocycles. The molecule has 0 fully saturated rings. The Morgan fingerprint density at radius 3 is 2.24 bits per heavy atom. The SMILES string of the molecule is CCN(CC)CCOc1ccccc1CNC(=NC)NCc1ccccc1Cn1cccn1.I. The minimum absolute atomic E-state index is 0. The van der Waals surface area contributed by atoms with E-state index in [-0.39, 0.29) is 24.0 Å². The molecule has 2 aromatic carbocycles. The molecule has 0 aliphatic rings. The van der Waals surface area contributed by atoms with Crippen LogP contribution in [0, 0.1) is 0 Å². The molecule has 34 heavy (non-hydrogen) atoms. The number of ether oxygens (including phenoxy) is 1. The fourth-order valence-corrected chi connectivity index (χ4v) is 3.65. The number of nitrogens with one attached hydrogen (secondary N) is 2. The molecule has 0 saturated carbocycles. The van der Waals surface area contributed by atoms with Crippen LogP contribution in [0.1, 0.15) is 30.5 Å². The summed E-state index contributed by atoms with van der Waals surface area (Å²) >= 11 is 0. The number of para-hydroxylation sites is 1. The van der Waals surface area contributed by atoms with Crippen molar-refractivity contribution in [1.29, 1.82) is 0 Å². The first-order valence-corrected chi connectivity index (χ1v) is 11.6. The third-order valence-corrected chi connectivity index (χ3v) is 5.66. The number of halogens is 1. The van der Waals surface area contributed by atoms with Crippen molar-refractivity contribution in [3.05, 3.63) is 83.7 Å². The van der Waals surface area contributed by atoms with Crippen LogP contribution in [0.2, 0.25) is 0 Å². The third kappa shape index (κ3) is 8.64. The van der Waals surface area contributed by atoms with Crippen LogP contribution >= 0.6 is 24.0 Å². The average Bonchev–Trinajstić information content (AvgIpc) is 3.37. The zero-order valence-electron chi connectivity index (χ0n) is 20.4. The summed E-state index contributed by atoms with van der Waals surface area (Å²) in [6.45, 7) is 10.1. The van der Waals surface area contributed by atoms with Gasteiger partial charge in [-0.05, 0) is 36.3 Å². The quantitative estimate of drug-likeness (QED) is 0.193. The normalized spacial score (nSPS) is 11.2. The third-order valence-electron chi connectivity index (χ3n) is 5.66. The van der Waals surface area contributed by atoms with Gasteiger partial charge in [0.05, 0.1) is 6.54 Å². The fourth-order valence-electron chi connectivity index (χ4n) is 3.65. The van der Waals surface area contributed by atoms with Crippen molar-refractivity contribution in [3.8, 4) is 5.75 Å². The summed E-state index contributed by atoms with van der Waals surface area (Å²) in [5.41, 5.74) is 3.56. The lowest BCUT2D eigenvalue weighted by atomic mass is 10.1. The van der Waals surface area contributed by atoms with Gasteiger partial charge in [-0.15, -0.1) is 24.0 Å². The molecule has 7 nitrogen and oxygen atoms in total. The molecule has 1 heterocycles. The van der Waals surface area contributed by atoms with Crippen LogP contribution in [0.15, 0.2) is 72.0 Å². The van der Waals surface area contributed by atoms with E-state index < -0.39 is 0 Å². The molecule has 2 N–H and O–H groups in total. The average molecular weight is 577 g/mol. The van der Waals surface area contributed by atoms with E-state index in [1.165, 1.54) is 11.1 Å². The Hall–Kier alpha value is -2.59. The van der Waals surface area contributed by atoms with E-state index in [0.29, 0.717) is 19.7 Å². The number of hydrogen-bond acceptors (Lipinski definition) is 4. The lowest BCUT2D eigenvalue weighted by Gasteiger charge is -2.19. The molecular formula is C26H37IN6O. The van der Waals surface area contributed by atoms with Crippen LogP contribution < -0.4 is 15.4 Å². The van der Waals surface area contributed by atoms with Crippen LogP contribution in [0.3, 0.4) is 0 Å². The highest BCUT2D eigenvalue weighted by Gasteiger charge is 2.08. The molecule has 0 aliphatic heterocycles. The van der Waals surface area contributed by atoms with Gasteiger partial charge in [-0.25, -0.2) is 0 Å². The number of nitrogens with zero attached hydrogens (tertiary/aromatic N) is 4. The predicted molar refractivity (Wildman–Crippen MR) is 150 cm³/mol. The van der Waals surface area contributed by atoms with Crippen LogP contribution in [0.4, 0.5) is 0 Å². The number of aromatic nitrogens is 2. The monoisotopic (exact) mass is 576 g/mol. The van der Waals surface area contributed by atoms with Gasteiger partial charge in [-0.2, -0.15) is 5.10 Å². The number of hydrogen-bond donors (Lipinski definition) is 2. The van der Waals surface area contributed by atoms with Crippen molar-refractivity contribution in [2.75, 3.05) is 33.3 Å². The molecule has 3 aromatic rings. The van der Waals surface area contributed by atoms with Gasteiger partial charge in [0.2, 0.25) is 0 Å². The second-order valence-corrected chi connectivity index (χ2v) is 7.73. The maximum Gasteiger partial charge on any atom is 0.191 e. The Labute approximate surface area is 220 Å². The van der Waals surface area contributed by atoms with Gasteiger partial charge in [-0.1, -0.05) is 56.3 Å². The van der Waals surface area contributed by atoms with Crippen molar-refractivity contribution >= 4 is 29.9 Å². The van der Waals surface area contributed by atoms with E-state index in [0.717, 1.165) is 43.5 Å². The van der Waals surface area contributed by atoms with Gasteiger partial charge < -0.3 is 20.3 Å². The summed E-state index contributed by atoms with van der Waals surface area (Å²) in [6.07, 6.45) is 3.78. The molecule has 0 saturated heterocycles. The van der Waals surface area contributed by atoms with E-state index >= 15 is 0 Å². The Morgan fingerprint density at radius 2 is 1.59 bits per heavy atom. The predicted octanol–water partition coefficient (Wildman–Crippen LogP) is 4.14. The van der Waals surface area contributed by atoms with Crippen LogP contribution in [-0.4, -0.2) is 53.9 Å². The van der Waals surface area contributed by atoms with Crippen molar-refractivity contribution in [1.82, 2.24) is 25.3 Å². The molecule has 0 atom stereocenters. The molecule has 0 amide bonds. The number of likely N-dealkylation sites (N-methyl/N-ethyl adjacent to an activating group) is 1. The van der Waals surface area contributed by atoms with E-state index in [2.05, 4.69) is 69.8 Å². The maximum absolute atomic E-state index is 6.08. The minimum atomic E-state index is 0. The first-order chi connectivity index (χ1) is 16.2. The highest BCUT2D eigenvalue weighted by Crippen LogP contribution is 2.17. The number of benzene rings is 2. The zero-order valence-corrected chi connectivity index (χ0v) is 22.7. The second-order valence-electron chi connectivity index (χ2n) is 7.73. The van der Waals surface area contributed by atoms with E-state index in [1.54, 1.807) is 13.2 Å². The van der Waals surface area contributed by atoms with Crippen LogP contribution in [-0.2, 0) is 19.6 Å². The van der Waals surface area contributed by atoms with Gasteiger partial charge in [-0.3, -0.25) is 9.67 Å². The van der Waals surface area contributed by atoms with Gasteiger partial charge in [0.25, 0.3) is 0 Å². The van der Waals surface area contributed by atoms with Gasteiger partial charge >= 0.3 is 0 Å². The van der Waals surface area contributed by atoms with Crippen LogP contribution in [0.25, 0.3) is 0 Å².